The number of aromatic nitrogens is 1. The molecule has 0 bridgehead atoms. The second-order valence-corrected chi connectivity index (χ2v) is 19.5. The number of aliphatic carboxylic acids is 1. The highest BCUT2D eigenvalue weighted by molar-refractivity contribution is 7.89. The molecule has 342 valence electrons. The van der Waals surface area contributed by atoms with Crippen LogP contribution in [0.15, 0.2) is 120 Å². The van der Waals surface area contributed by atoms with Crippen molar-refractivity contribution in [2.24, 2.45) is 0 Å². The van der Waals surface area contributed by atoms with E-state index in [0.29, 0.717) is 62.0 Å². The van der Waals surface area contributed by atoms with E-state index in [9.17, 15) is 23.1 Å². The van der Waals surface area contributed by atoms with Gasteiger partial charge in [0.1, 0.15) is 41.8 Å². The number of aryl methyl sites for hydroxylation is 1. The summed E-state index contributed by atoms with van der Waals surface area (Å²) in [5.74, 6) is 0.158. The van der Waals surface area contributed by atoms with Gasteiger partial charge in [-0.05, 0) is 126 Å². The number of nitrogens with zero attached hydrogens (tertiary/aromatic N) is 4. The topological polar surface area (TPSA) is 171 Å². The number of anilines is 1. The summed E-state index contributed by atoms with van der Waals surface area (Å²) in [6.07, 6.45) is 1.44. The fourth-order valence-electron chi connectivity index (χ4n) is 8.67. The van der Waals surface area contributed by atoms with Gasteiger partial charge < -0.3 is 29.5 Å². The second-order valence-electron chi connectivity index (χ2n) is 16.8. The van der Waals surface area contributed by atoms with Crippen LogP contribution in [0.2, 0.25) is 10.0 Å². The first-order chi connectivity index (χ1) is 32.3. The van der Waals surface area contributed by atoms with Crippen LogP contribution in [0.3, 0.4) is 0 Å². The van der Waals surface area contributed by atoms with Crippen molar-refractivity contribution < 1.29 is 37.3 Å². The highest BCUT2D eigenvalue weighted by Crippen LogP contribution is 2.42. The van der Waals surface area contributed by atoms with E-state index in [1.54, 1.807) is 61.5 Å². The lowest BCUT2D eigenvalue weighted by molar-refractivity contribution is -0.142. The molecule has 0 radical (unpaired) electrons. The largest absolute Gasteiger partial charge is 0.489 e. The van der Waals surface area contributed by atoms with Crippen molar-refractivity contribution in [1.82, 2.24) is 14.6 Å². The Kier molecular flexibility index (Phi) is 13.1. The molecule has 16 heteroatoms. The molecule has 1 aromatic heterocycles. The third-order valence-electron chi connectivity index (χ3n) is 12.4. The molecule has 3 aliphatic rings. The van der Waals surface area contributed by atoms with Crippen molar-refractivity contribution >= 4 is 50.9 Å². The van der Waals surface area contributed by atoms with Gasteiger partial charge in [0.2, 0.25) is 15.9 Å². The first kappa shape index (κ1) is 45.5. The summed E-state index contributed by atoms with van der Waals surface area (Å²) in [6.45, 7) is 3.58. The molecule has 2 N–H and O–H groups in total. The summed E-state index contributed by atoms with van der Waals surface area (Å²) in [5.41, 5.74) is 6.21. The highest BCUT2D eigenvalue weighted by atomic mass is 35.5. The zero-order valence-corrected chi connectivity index (χ0v) is 38.7. The van der Waals surface area contributed by atoms with E-state index in [1.807, 2.05) is 54.6 Å². The van der Waals surface area contributed by atoms with Crippen molar-refractivity contribution in [3.8, 4) is 34.4 Å². The van der Waals surface area contributed by atoms with E-state index in [-0.39, 0.29) is 36.6 Å². The van der Waals surface area contributed by atoms with Crippen LogP contribution in [0.5, 0.6) is 17.2 Å². The average molecular weight is 959 g/mol. The van der Waals surface area contributed by atoms with Crippen LogP contribution in [0.1, 0.15) is 58.0 Å². The Labute approximate surface area is 398 Å². The van der Waals surface area contributed by atoms with Crippen molar-refractivity contribution in [2.45, 2.75) is 68.8 Å². The zero-order valence-electron chi connectivity index (χ0n) is 36.3. The molecule has 3 unspecified atom stereocenters. The molecule has 13 nitrogen and oxygen atoms in total. The third-order valence-corrected chi connectivity index (χ3v) is 15.1. The third kappa shape index (κ3) is 9.92. The SMILES string of the molecule is Cc1nc(N2CCCC2)ccc1S(=O)(=O)N1Cc2cc3c(cc2CC1C(=O)NC(Cc1ccc(-c2ccc(C#N)cc2)cc1)C(=O)O)OCC(c1ccc(OCc2ccc(Cl)c(Cl)c2)cc1)O3. The molecule has 3 aliphatic heterocycles. The van der Waals surface area contributed by atoms with Gasteiger partial charge in [-0.2, -0.15) is 9.57 Å². The maximum absolute atomic E-state index is 14.9. The molecule has 6 aromatic rings. The van der Waals surface area contributed by atoms with Crippen LogP contribution in [0, 0.1) is 18.3 Å². The molecule has 5 aromatic carbocycles. The van der Waals surface area contributed by atoms with Gasteiger partial charge in [0, 0.05) is 26.1 Å². The maximum atomic E-state index is 14.9. The number of hydrogen-bond acceptors (Lipinski definition) is 10. The Bertz CT molecular complexity index is 3000. The quantitative estimate of drug-likeness (QED) is 0.113. The number of amides is 1. The summed E-state index contributed by atoms with van der Waals surface area (Å²) >= 11 is 12.2. The standard InChI is InChI=1S/C51H45Cl2N5O8S/c1-31-48(18-19-49(55-31)57-20-2-3-21-57)67(62,63)58-28-39-26-46-45(65-30-47(66-46)37-13-15-40(16-14-37)64-29-34-8-17-41(52)42(53)22-34)25-38(39)24-44(58)50(59)56-43(51(60)61)23-32-4-9-35(10-5-32)36-11-6-33(27-54)7-12-36/h4-19,22,25-26,43-44,47H,2-3,20-21,23-24,28-30H2,1H3,(H,56,59)(H,60,61). The van der Waals surface area contributed by atoms with Crippen molar-refractivity contribution in [3.63, 3.8) is 0 Å². The van der Waals surface area contributed by atoms with Crippen LogP contribution >= 0.6 is 23.2 Å². The highest BCUT2D eigenvalue weighted by Gasteiger charge is 2.42. The van der Waals surface area contributed by atoms with Gasteiger partial charge in [-0.3, -0.25) is 4.79 Å². The normalized spacial score (nSPS) is 17.3. The van der Waals surface area contributed by atoms with E-state index in [1.165, 1.54) is 6.07 Å². The second kappa shape index (κ2) is 19.3. The van der Waals surface area contributed by atoms with E-state index >= 15 is 0 Å². The van der Waals surface area contributed by atoms with E-state index < -0.39 is 40.1 Å². The lowest BCUT2D eigenvalue weighted by atomic mass is 9.93. The van der Waals surface area contributed by atoms with Crippen LogP contribution < -0.4 is 24.4 Å². The number of benzene rings is 5. The summed E-state index contributed by atoms with van der Waals surface area (Å²) in [6, 6.07) is 33.3. The molecule has 0 aliphatic carbocycles. The predicted molar refractivity (Wildman–Crippen MR) is 253 cm³/mol. The number of sulfonamides is 1. The number of pyridine rings is 1. The molecule has 3 atom stereocenters. The van der Waals surface area contributed by atoms with Gasteiger partial charge in [0.05, 0.1) is 27.4 Å². The minimum atomic E-state index is -4.40. The van der Waals surface area contributed by atoms with E-state index in [4.69, 9.17) is 42.7 Å². The van der Waals surface area contributed by atoms with Crippen LogP contribution in [0.4, 0.5) is 5.82 Å². The lowest BCUT2D eigenvalue weighted by Crippen LogP contribution is -2.55. The van der Waals surface area contributed by atoms with Gasteiger partial charge in [0.15, 0.2) is 17.6 Å². The number of rotatable bonds is 13. The minimum absolute atomic E-state index is 0.0455. The van der Waals surface area contributed by atoms with Gasteiger partial charge in [-0.1, -0.05) is 77.8 Å². The number of fused-ring (bicyclic) bond motifs is 2. The number of carboxylic acids is 1. The molecule has 0 saturated carbocycles. The monoisotopic (exact) mass is 957 g/mol. The molecule has 9 rings (SSSR count). The molecule has 67 heavy (non-hydrogen) atoms. The fraction of sp³-hybridized carbons (Fsp3) is 0.255. The Morgan fingerprint density at radius 1 is 0.881 bits per heavy atom. The van der Waals surface area contributed by atoms with Crippen molar-refractivity contribution in [2.75, 3.05) is 24.6 Å². The maximum Gasteiger partial charge on any atom is 0.326 e. The molecular weight excluding hydrogens is 914 g/mol. The zero-order chi connectivity index (χ0) is 46.8. The average Bonchev–Trinajstić information content (AvgIpc) is 3.89. The number of carbonyl (C=O) groups is 2. The van der Waals surface area contributed by atoms with Gasteiger partial charge >= 0.3 is 5.97 Å². The Morgan fingerprint density at radius 3 is 2.24 bits per heavy atom. The number of halogens is 2. The smallest absolute Gasteiger partial charge is 0.326 e. The number of carboxylic acid groups (broad SMARTS) is 1. The first-order valence-electron chi connectivity index (χ1n) is 21.8. The van der Waals surface area contributed by atoms with Crippen LogP contribution in [-0.2, 0) is 45.6 Å². The fourth-order valence-corrected chi connectivity index (χ4v) is 10.7. The Balaban J connectivity index is 0.957. The molecule has 4 heterocycles. The first-order valence-corrected chi connectivity index (χ1v) is 24.0. The Morgan fingerprint density at radius 2 is 1.57 bits per heavy atom. The minimum Gasteiger partial charge on any atom is -0.489 e. The molecule has 1 amide bonds. The molecule has 0 spiro atoms. The van der Waals surface area contributed by atoms with Crippen LogP contribution in [0.25, 0.3) is 11.1 Å². The molecular formula is C51H45Cl2N5O8S. The summed E-state index contributed by atoms with van der Waals surface area (Å²) in [7, 11) is -4.40. The Hall–Kier alpha value is -6.63. The van der Waals surface area contributed by atoms with E-state index in [2.05, 4.69) is 21.3 Å². The number of hydrogen-bond donors (Lipinski definition) is 2. The number of ether oxygens (including phenoxy) is 3. The molecule has 1 fully saturated rings. The lowest BCUT2D eigenvalue weighted by Gasteiger charge is -2.37. The van der Waals surface area contributed by atoms with Crippen molar-refractivity contribution in [3.05, 3.63) is 164 Å². The number of carbonyl (C=O) groups excluding carboxylic acids is 1. The summed E-state index contributed by atoms with van der Waals surface area (Å²) < 4.78 is 49.5. The number of nitrogens with one attached hydrogen (secondary N) is 1. The van der Waals surface area contributed by atoms with Gasteiger partial charge in [0.25, 0.3) is 0 Å². The van der Waals surface area contributed by atoms with Gasteiger partial charge in [-0.15, -0.1) is 0 Å². The van der Waals surface area contributed by atoms with E-state index in [0.717, 1.165) is 52.5 Å². The molecule has 1 saturated heterocycles. The van der Waals surface area contributed by atoms with Crippen molar-refractivity contribution in [1.29, 1.82) is 5.26 Å². The summed E-state index contributed by atoms with van der Waals surface area (Å²) in [4.78, 5) is 33.9. The summed E-state index contributed by atoms with van der Waals surface area (Å²) in [5, 5.41) is 23.1. The predicted octanol–water partition coefficient (Wildman–Crippen LogP) is 8.85. The number of nitriles is 1. The van der Waals surface area contributed by atoms with Gasteiger partial charge in [-0.25, -0.2) is 18.2 Å². The van der Waals surface area contributed by atoms with Crippen LogP contribution in [-0.4, -0.2) is 66.5 Å².